The van der Waals surface area contributed by atoms with Gasteiger partial charge in [0.2, 0.25) is 0 Å². The van der Waals surface area contributed by atoms with E-state index in [1.807, 2.05) is 91.4 Å². The van der Waals surface area contributed by atoms with Gasteiger partial charge in [-0.2, -0.15) is 8.42 Å². The van der Waals surface area contributed by atoms with E-state index < -0.39 is 33.6 Å². The number of carbonyl (C=O) groups excluding carboxylic acids is 1. The molecular weight excluding hydrogens is 621 g/mol. The summed E-state index contributed by atoms with van der Waals surface area (Å²) < 4.78 is 38.8. The zero-order valence-electron chi connectivity index (χ0n) is 27.4. The van der Waals surface area contributed by atoms with Gasteiger partial charge in [0.25, 0.3) is 10.1 Å². The number of benzene rings is 4. The summed E-state index contributed by atoms with van der Waals surface area (Å²) in [6.45, 7) is 0. The molecule has 248 valence electrons. The van der Waals surface area contributed by atoms with E-state index in [1.165, 1.54) is 13.5 Å². The molecule has 1 heterocycles. The van der Waals surface area contributed by atoms with Gasteiger partial charge in [-0.15, -0.1) is 0 Å². The average molecular weight is 663 g/mol. The zero-order chi connectivity index (χ0) is 33.6. The second kappa shape index (κ2) is 14.7. The summed E-state index contributed by atoms with van der Waals surface area (Å²) in [5.41, 5.74) is 4.27. The lowest BCUT2D eigenvalue weighted by molar-refractivity contribution is -0.149. The van der Waals surface area contributed by atoms with Gasteiger partial charge in [-0.3, -0.25) is 8.98 Å². The first-order chi connectivity index (χ1) is 23.3. The Kier molecular flexibility index (Phi) is 10.2. The minimum Gasteiger partial charge on any atom is -0.469 e. The van der Waals surface area contributed by atoms with E-state index in [1.54, 1.807) is 0 Å². The van der Waals surface area contributed by atoms with Crippen molar-refractivity contribution in [2.45, 2.75) is 50.2 Å². The summed E-state index contributed by atoms with van der Waals surface area (Å²) >= 11 is 0. The van der Waals surface area contributed by atoms with Crippen molar-refractivity contribution in [2.75, 3.05) is 13.4 Å². The fourth-order valence-corrected chi connectivity index (χ4v) is 8.02. The van der Waals surface area contributed by atoms with Crippen molar-refractivity contribution in [3.05, 3.63) is 150 Å². The highest BCUT2D eigenvalue weighted by molar-refractivity contribution is 7.86. The van der Waals surface area contributed by atoms with Crippen LogP contribution in [-0.2, 0) is 29.4 Å². The number of hydrogen-bond acceptors (Lipinski definition) is 6. The molecule has 48 heavy (non-hydrogen) atoms. The van der Waals surface area contributed by atoms with Gasteiger partial charge in [-0.1, -0.05) is 147 Å². The first-order valence-corrected chi connectivity index (χ1v) is 18.4. The summed E-state index contributed by atoms with van der Waals surface area (Å²) in [5.74, 6) is -1.01. The molecule has 7 nitrogen and oxygen atoms in total. The van der Waals surface area contributed by atoms with Crippen LogP contribution in [0.3, 0.4) is 0 Å². The first-order valence-electron chi connectivity index (χ1n) is 16.6. The Balaban J connectivity index is 1.52. The molecule has 1 fully saturated rings. The average Bonchev–Trinajstić information content (AvgIpc) is 3.62. The summed E-state index contributed by atoms with van der Waals surface area (Å²) in [5, 5.41) is 0. The normalized spacial score (nSPS) is 15.5. The third-order valence-corrected chi connectivity index (χ3v) is 10.1. The monoisotopic (exact) mass is 662 g/mol. The molecule has 0 N–H and O–H groups in total. The molecule has 2 unspecified atom stereocenters. The summed E-state index contributed by atoms with van der Waals surface area (Å²) in [6, 6.07) is 38.4. The fourth-order valence-electron chi connectivity index (χ4n) is 7.41. The molecule has 6 rings (SSSR count). The Bertz CT molecular complexity index is 1810. The smallest absolute Gasteiger partial charge is 0.311 e. The molecule has 0 spiro atoms. The Labute approximate surface area is 283 Å². The minimum absolute atomic E-state index is 0.281. The van der Waals surface area contributed by atoms with E-state index in [2.05, 4.69) is 41.0 Å². The van der Waals surface area contributed by atoms with Gasteiger partial charge >= 0.3 is 5.97 Å². The second-order valence-electron chi connectivity index (χ2n) is 12.7. The lowest BCUT2D eigenvalue weighted by Gasteiger charge is -2.37. The Morgan fingerprint density at radius 1 is 0.812 bits per heavy atom. The van der Waals surface area contributed by atoms with Crippen LogP contribution in [0, 0.1) is 11.8 Å². The molecule has 0 saturated heterocycles. The molecule has 4 aromatic carbocycles. The number of aromatic nitrogens is 2. The molecule has 1 saturated carbocycles. The molecule has 1 aliphatic rings. The number of carbonyl (C=O) groups is 1. The molecule has 0 amide bonds. The largest absolute Gasteiger partial charge is 0.469 e. The van der Waals surface area contributed by atoms with Gasteiger partial charge in [0, 0.05) is 11.8 Å². The van der Waals surface area contributed by atoms with Gasteiger partial charge in [0.15, 0.2) is 0 Å². The van der Waals surface area contributed by atoms with Gasteiger partial charge in [-0.05, 0) is 34.6 Å². The summed E-state index contributed by atoms with van der Waals surface area (Å²) in [4.78, 5) is 18.4. The summed E-state index contributed by atoms with van der Waals surface area (Å²) in [6.07, 6.45) is 9.59. The highest BCUT2D eigenvalue weighted by Gasteiger charge is 2.40. The SMILES string of the molecule is COC(=O)C(CC1CCCCC1)C(OS(C)(=O)=O)c1ccccc1-c1cn(C(c2ccccc2)(c2ccccc2)c2ccccc2)cn1. The van der Waals surface area contributed by atoms with E-state index >= 15 is 0 Å². The number of ether oxygens (including phenoxy) is 1. The lowest BCUT2D eigenvalue weighted by atomic mass is 9.76. The van der Waals surface area contributed by atoms with Crippen LogP contribution in [0.15, 0.2) is 128 Å². The molecular formula is C40H42N2O5S. The maximum absolute atomic E-state index is 13.4. The first kappa shape index (κ1) is 33.4. The number of methoxy groups -OCH3 is 1. The van der Waals surface area contributed by atoms with Crippen LogP contribution in [-0.4, -0.2) is 37.3 Å². The molecule has 2 atom stereocenters. The zero-order valence-corrected chi connectivity index (χ0v) is 28.3. The van der Waals surface area contributed by atoms with Crippen molar-refractivity contribution in [3.8, 4) is 11.3 Å². The predicted molar refractivity (Wildman–Crippen MR) is 188 cm³/mol. The van der Waals surface area contributed by atoms with Crippen LogP contribution < -0.4 is 0 Å². The predicted octanol–water partition coefficient (Wildman–Crippen LogP) is 8.17. The van der Waals surface area contributed by atoms with Crippen molar-refractivity contribution in [1.82, 2.24) is 9.55 Å². The van der Waals surface area contributed by atoms with E-state index in [-0.39, 0.29) is 5.92 Å². The van der Waals surface area contributed by atoms with Crippen molar-refractivity contribution >= 4 is 16.1 Å². The molecule has 0 bridgehead atoms. The topological polar surface area (TPSA) is 87.5 Å². The summed E-state index contributed by atoms with van der Waals surface area (Å²) in [7, 11) is -2.61. The number of hydrogen-bond donors (Lipinski definition) is 0. The Morgan fingerprint density at radius 3 is 1.85 bits per heavy atom. The van der Waals surface area contributed by atoms with Gasteiger partial charge in [-0.25, -0.2) is 4.98 Å². The maximum Gasteiger partial charge on any atom is 0.311 e. The third kappa shape index (κ3) is 7.00. The number of imidazole rings is 1. The highest BCUT2D eigenvalue weighted by Crippen LogP contribution is 2.44. The van der Waals surface area contributed by atoms with Gasteiger partial charge in [0.05, 0.1) is 31.3 Å². The van der Waals surface area contributed by atoms with Crippen LogP contribution in [0.4, 0.5) is 0 Å². The molecule has 0 aliphatic heterocycles. The van der Waals surface area contributed by atoms with Crippen molar-refractivity contribution in [2.24, 2.45) is 11.8 Å². The van der Waals surface area contributed by atoms with E-state index in [0.717, 1.165) is 48.6 Å². The van der Waals surface area contributed by atoms with Gasteiger partial charge < -0.3 is 9.30 Å². The van der Waals surface area contributed by atoms with Crippen LogP contribution in [0.5, 0.6) is 0 Å². The van der Waals surface area contributed by atoms with Crippen LogP contribution in [0.25, 0.3) is 11.3 Å². The standard InChI is InChI=1S/C40H42N2O5S/c1-46-39(43)36(27-30-17-7-3-8-18-30)38(47-48(2,44)45)35-26-16-15-25-34(35)37-28-42(29-41-37)40(31-19-9-4-10-20-31,32-21-11-5-12-22-32)33-23-13-6-14-24-33/h4-6,9-16,19-26,28-30,36,38H,3,7-8,17-18,27H2,1-2H3. The van der Waals surface area contributed by atoms with E-state index in [0.29, 0.717) is 23.2 Å². The van der Waals surface area contributed by atoms with Crippen LogP contribution in [0.1, 0.15) is 66.9 Å². The van der Waals surface area contributed by atoms with Crippen LogP contribution >= 0.6 is 0 Å². The Hall–Kier alpha value is -4.53. The second-order valence-corrected chi connectivity index (χ2v) is 14.3. The number of rotatable bonds is 12. The van der Waals surface area contributed by atoms with Crippen molar-refractivity contribution < 1.29 is 22.1 Å². The van der Waals surface area contributed by atoms with Gasteiger partial charge in [0.1, 0.15) is 11.6 Å². The lowest BCUT2D eigenvalue weighted by Crippen LogP contribution is -2.36. The molecule has 8 heteroatoms. The minimum atomic E-state index is -3.96. The van der Waals surface area contributed by atoms with Crippen LogP contribution in [0.2, 0.25) is 0 Å². The quantitative estimate of drug-likeness (QED) is 0.0761. The van der Waals surface area contributed by atoms with Crippen molar-refractivity contribution in [3.63, 3.8) is 0 Å². The fraction of sp³-hybridized carbons (Fsp3) is 0.300. The molecule has 1 aliphatic carbocycles. The third-order valence-electron chi connectivity index (χ3n) is 9.55. The Morgan fingerprint density at radius 2 is 1.33 bits per heavy atom. The van der Waals surface area contributed by atoms with E-state index in [9.17, 15) is 13.2 Å². The molecule has 5 aromatic rings. The number of esters is 1. The van der Waals surface area contributed by atoms with Crippen molar-refractivity contribution in [1.29, 1.82) is 0 Å². The van der Waals surface area contributed by atoms with E-state index in [4.69, 9.17) is 13.9 Å². The molecule has 0 radical (unpaired) electrons. The molecule has 1 aromatic heterocycles. The number of nitrogens with zero attached hydrogens (tertiary/aromatic N) is 2. The maximum atomic E-state index is 13.4. The highest BCUT2D eigenvalue weighted by atomic mass is 32.2.